The maximum absolute atomic E-state index is 11.6. The highest BCUT2D eigenvalue weighted by Crippen LogP contribution is 2.23. The Bertz CT molecular complexity index is 240. The number of ether oxygens (including phenoxy) is 1. The van der Waals surface area contributed by atoms with E-state index >= 15 is 0 Å². The predicted octanol–water partition coefficient (Wildman–Crippen LogP) is 2.25. The summed E-state index contributed by atoms with van der Waals surface area (Å²) in [5.74, 6) is -0.958. The van der Waals surface area contributed by atoms with Crippen molar-refractivity contribution in [2.45, 2.75) is 45.1 Å². The number of carbonyl (C=O) groups is 2. The molecular formula is C12H18O3. The van der Waals surface area contributed by atoms with E-state index < -0.39 is 5.92 Å². The highest BCUT2D eigenvalue weighted by molar-refractivity contribution is 6.01. The second-order valence-corrected chi connectivity index (χ2v) is 3.95. The number of allylic oxidation sites excluding steroid dienone is 1. The number of Topliss-reactive ketones (excluding diaryl/α,β-unsaturated/α-hetero) is 1. The molecule has 0 bridgehead atoms. The standard InChI is InChI=1S/C12H18O3/c1-3-5-7-9-8-11(13)10(6-4-2)12(14)15-9/h4,9-10H,2-3,5-8H2,1H3. The van der Waals surface area contributed by atoms with E-state index in [0.29, 0.717) is 12.8 Å². The van der Waals surface area contributed by atoms with Crippen molar-refractivity contribution in [3.8, 4) is 0 Å². The summed E-state index contributed by atoms with van der Waals surface area (Å²) in [6.45, 7) is 5.61. The van der Waals surface area contributed by atoms with Gasteiger partial charge in [-0.05, 0) is 12.8 Å². The Balaban J connectivity index is 2.50. The van der Waals surface area contributed by atoms with Crippen LogP contribution in [0.5, 0.6) is 0 Å². The second-order valence-electron chi connectivity index (χ2n) is 3.95. The lowest BCUT2D eigenvalue weighted by molar-refractivity contribution is -0.164. The minimum absolute atomic E-state index is 0.00672. The SMILES string of the molecule is C=CCC1C(=O)CC(CCCC)OC1=O. The third kappa shape index (κ3) is 3.18. The molecule has 0 spiro atoms. The Morgan fingerprint density at radius 2 is 2.27 bits per heavy atom. The fourth-order valence-corrected chi connectivity index (χ4v) is 1.77. The van der Waals surface area contributed by atoms with Crippen LogP contribution in [0.2, 0.25) is 0 Å². The van der Waals surface area contributed by atoms with Crippen molar-refractivity contribution in [1.82, 2.24) is 0 Å². The molecule has 1 rings (SSSR count). The van der Waals surface area contributed by atoms with E-state index in [1.165, 1.54) is 0 Å². The summed E-state index contributed by atoms with van der Waals surface area (Å²) in [5.41, 5.74) is 0. The van der Waals surface area contributed by atoms with Gasteiger partial charge >= 0.3 is 5.97 Å². The number of carbonyl (C=O) groups excluding carboxylic acids is 2. The molecule has 0 aliphatic carbocycles. The fraction of sp³-hybridized carbons (Fsp3) is 0.667. The predicted molar refractivity (Wildman–Crippen MR) is 57.3 cm³/mol. The molecule has 1 saturated heterocycles. The van der Waals surface area contributed by atoms with Crippen molar-refractivity contribution in [2.75, 3.05) is 0 Å². The van der Waals surface area contributed by atoms with Gasteiger partial charge in [0.1, 0.15) is 12.0 Å². The van der Waals surface area contributed by atoms with Gasteiger partial charge in [-0.25, -0.2) is 0 Å². The summed E-state index contributed by atoms with van der Waals surface area (Å²) in [4.78, 5) is 23.1. The molecule has 3 nitrogen and oxygen atoms in total. The summed E-state index contributed by atoms with van der Waals surface area (Å²) in [5, 5.41) is 0. The number of rotatable bonds is 5. The first-order valence-corrected chi connectivity index (χ1v) is 5.53. The van der Waals surface area contributed by atoms with Gasteiger partial charge in [-0.15, -0.1) is 6.58 Å². The van der Waals surface area contributed by atoms with E-state index in [4.69, 9.17) is 4.74 Å². The van der Waals surface area contributed by atoms with Crippen LogP contribution in [-0.4, -0.2) is 17.9 Å². The molecule has 0 N–H and O–H groups in total. The van der Waals surface area contributed by atoms with Crippen molar-refractivity contribution in [1.29, 1.82) is 0 Å². The Labute approximate surface area is 90.5 Å². The van der Waals surface area contributed by atoms with E-state index in [9.17, 15) is 9.59 Å². The smallest absolute Gasteiger partial charge is 0.317 e. The van der Waals surface area contributed by atoms with E-state index in [1.807, 2.05) is 0 Å². The molecule has 2 atom stereocenters. The Kier molecular flexibility index (Phi) is 4.53. The third-order valence-electron chi connectivity index (χ3n) is 2.67. The van der Waals surface area contributed by atoms with Gasteiger partial charge in [-0.1, -0.05) is 25.8 Å². The van der Waals surface area contributed by atoms with Crippen LogP contribution < -0.4 is 0 Å². The molecule has 1 aliphatic rings. The lowest BCUT2D eigenvalue weighted by Crippen LogP contribution is -2.38. The van der Waals surface area contributed by atoms with Crippen molar-refractivity contribution < 1.29 is 14.3 Å². The third-order valence-corrected chi connectivity index (χ3v) is 2.67. The van der Waals surface area contributed by atoms with Gasteiger partial charge in [-0.2, -0.15) is 0 Å². The van der Waals surface area contributed by atoms with Gasteiger partial charge in [0.05, 0.1) is 0 Å². The molecule has 1 aliphatic heterocycles. The fourth-order valence-electron chi connectivity index (χ4n) is 1.77. The first-order chi connectivity index (χ1) is 7.19. The lowest BCUT2D eigenvalue weighted by Gasteiger charge is -2.26. The van der Waals surface area contributed by atoms with Crippen LogP contribution in [0.4, 0.5) is 0 Å². The number of hydrogen-bond donors (Lipinski definition) is 0. The van der Waals surface area contributed by atoms with Crippen molar-refractivity contribution in [3.63, 3.8) is 0 Å². The highest BCUT2D eigenvalue weighted by Gasteiger charge is 2.35. The summed E-state index contributed by atoms with van der Waals surface area (Å²) >= 11 is 0. The average Bonchev–Trinajstić information content (AvgIpc) is 2.20. The van der Waals surface area contributed by atoms with Gasteiger partial charge in [0.2, 0.25) is 0 Å². The second kappa shape index (κ2) is 5.69. The van der Waals surface area contributed by atoms with Crippen molar-refractivity contribution in [2.24, 2.45) is 5.92 Å². The van der Waals surface area contributed by atoms with Crippen LogP contribution in [0, 0.1) is 5.92 Å². The van der Waals surface area contributed by atoms with Crippen molar-refractivity contribution >= 4 is 11.8 Å². The summed E-state index contributed by atoms with van der Waals surface area (Å²) < 4.78 is 5.22. The largest absolute Gasteiger partial charge is 0.461 e. The molecule has 0 aromatic heterocycles. The molecule has 2 unspecified atom stereocenters. The van der Waals surface area contributed by atoms with Gasteiger partial charge in [0, 0.05) is 6.42 Å². The first kappa shape index (κ1) is 12.0. The summed E-state index contributed by atoms with van der Waals surface area (Å²) in [7, 11) is 0. The zero-order valence-electron chi connectivity index (χ0n) is 9.20. The van der Waals surface area contributed by atoms with Crippen LogP contribution >= 0.6 is 0 Å². The molecule has 0 amide bonds. The van der Waals surface area contributed by atoms with Crippen LogP contribution in [0.15, 0.2) is 12.7 Å². The number of cyclic esters (lactones) is 1. The zero-order valence-corrected chi connectivity index (χ0v) is 9.20. The van der Waals surface area contributed by atoms with Gasteiger partial charge in [0.25, 0.3) is 0 Å². The van der Waals surface area contributed by atoms with Gasteiger partial charge in [-0.3, -0.25) is 9.59 Å². The molecular weight excluding hydrogens is 192 g/mol. The van der Waals surface area contributed by atoms with Crippen LogP contribution in [-0.2, 0) is 14.3 Å². The van der Waals surface area contributed by atoms with E-state index in [0.717, 1.165) is 19.3 Å². The molecule has 15 heavy (non-hydrogen) atoms. The van der Waals surface area contributed by atoms with Gasteiger partial charge < -0.3 is 4.74 Å². The number of hydrogen-bond acceptors (Lipinski definition) is 3. The maximum atomic E-state index is 11.6. The number of unbranched alkanes of at least 4 members (excludes halogenated alkanes) is 1. The van der Waals surface area contributed by atoms with Crippen molar-refractivity contribution in [3.05, 3.63) is 12.7 Å². The number of esters is 1. The summed E-state index contributed by atoms with van der Waals surface area (Å²) in [6, 6.07) is 0. The minimum atomic E-state index is -0.597. The molecule has 84 valence electrons. The monoisotopic (exact) mass is 210 g/mol. The normalized spacial score (nSPS) is 26.2. The molecule has 1 heterocycles. The van der Waals surface area contributed by atoms with Crippen LogP contribution in [0.1, 0.15) is 39.0 Å². The Morgan fingerprint density at radius 1 is 1.53 bits per heavy atom. The van der Waals surface area contributed by atoms with Gasteiger partial charge in [0.15, 0.2) is 5.78 Å². The Hall–Kier alpha value is -1.12. The average molecular weight is 210 g/mol. The Morgan fingerprint density at radius 3 is 2.80 bits per heavy atom. The van der Waals surface area contributed by atoms with Crippen LogP contribution in [0.25, 0.3) is 0 Å². The molecule has 3 heteroatoms. The topological polar surface area (TPSA) is 43.4 Å². The molecule has 0 aromatic rings. The maximum Gasteiger partial charge on any atom is 0.317 e. The zero-order chi connectivity index (χ0) is 11.3. The quantitative estimate of drug-likeness (QED) is 0.397. The number of ketones is 1. The van der Waals surface area contributed by atoms with E-state index in [1.54, 1.807) is 6.08 Å². The minimum Gasteiger partial charge on any atom is -0.461 e. The molecule has 0 aromatic carbocycles. The van der Waals surface area contributed by atoms with Crippen LogP contribution in [0.3, 0.4) is 0 Å². The highest BCUT2D eigenvalue weighted by atomic mass is 16.5. The van der Waals surface area contributed by atoms with E-state index in [2.05, 4.69) is 13.5 Å². The molecule has 0 radical (unpaired) electrons. The molecule has 0 saturated carbocycles. The summed E-state index contributed by atoms with van der Waals surface area (Å²) in [6.07, 6.45) is 5.04. The lowest BCUT2D eigenvalue weighted by atomic mass is 9.91. The molecule has 1 fully saturated rings. The van der Waals surface area contributed by atoms with E-state index in [-0.39, 0.29) is 17.9 Å². The first-order valence-electron chi connectivity index (χ1n) is 5.53.